The van der Waals surface area contributed by atoms with Gasteiger partial charge >= 0.3 is 6.09 Å². The van der Waals surface area contributed by atoms with Crippen molar-refractivity contribution < 1.29 is 31.9 Å². The van der Waals surface area contributed by atoms with Crippen molar-refractivity contribution in [3.8, 4) is 22.6 Å². The summed E-state index contributed by atoms with van der Waals surface area (Å²) in [4.78, 5) is 39.5. The topological polar surface area (TPSA) is 89.4 Å². The van der Waals surface area contributed by atoms with E-state index in [-0.39, 0.29) is 46.4 Å². The zero-order chi connectivity index (χ0) is 42.8. The number of aromatic nitrogens is 2. The molecule has 6 rings (SSSR count). The molecule has 0 saturated carbocycles. The number of anilines is 2. The lowest BCUT2D eigenvalue weighted by Crippen LogP contribution is -2.65. The van der Waals surface area contributed by atoms with Gasteiger partial charge in [0.1, 0.15) is 28.7 Å². The van der Waals surface area contributed by atoms with E-state index in [9.17, 15) is 4.79 Å². The fourth-order valence-corrected chi connectivity index (χ4v) is 8.92. The Hall–Kier alpha value is -4.56. The molecule has 1 fully saturated rings. The molecular weight excluding hydrogens is 764 g/mol. The Morgan fingerprint density at radius 3 is 2.28 bits per heavy atom. The molecule has 0 radical (unpaired) electrons. The maximum absolute atomic E-state index is 17.9. The third-order valence-corrected chi connectivity index (χ3v) is 16.3. The number of aryl methyl sites for hydroxylation is 1. The minimum Gasteiger partial charge on any atom is -0.496 e. The van der Waals surface area contributed by atoms with E-state index in [0.29, 0.717) is 42.3 Å². The first-order chi connectivity index (χ1) is 27.0. The second-order valence-electron chi connectivity index (χ2n) is 18.5. The van der Waals surface area contributed by atoms with E-state index in [2.05, 4.69) is 38.8 Å². The van der Waals surface area contributed by atoms with Crippen LogP contribution in [0.5, 0.6) is 5.75 Å². The highest BCUT2D eigenvalue weighted by Gasteiger charge is 2.45. The predicted molar refractivity (Wildman–Crippen MR) is 227 cm³/mol. The number of ether oxygens (including phenoxy) is 2. The number of carbonyl (C=O) groups excluding carboxylic acids is 1. The summed E-state index contributed by atoms with van der Waals surface area (Å²) in [6.07, 6.45) is 1.18. The maximum atomic E-state index is 17.9. The quantitative estimate of drug-likeness (QED) is 0.163. The van der Waals surface area contributed by atoms with Gasteiger partial charge in [0.2, 0.25) is 0 Å². The highest BCUT2D eigenvalue weighted by molar-refractivity contribution is 6.74. The summed E-state index contributed by atoms with van der Waals surface area (Å²) >= 11 is 0. The maximum Gasteiger partial charge on any atom is 0.410 e. The molecule has 1 amide bonds. The molecule has 0 spiro atoms. The van der Waals surface area contributed by atoms with Crippen molar-refractivity contribution in [1.29, 1.82) is 0 Å². The van der Waals surface area contributed by atoms with Crippen LogP contribution in [0.4, 0.5) is 29.3 Å². The van der Waals surface area contributed by atoms with Gasteiger partial charge in [-0.3, -0.25) is 14.3 Å². The van der Waals surface area contributed by atoms with Crippen LogP contribution in [0.2, 0.25) is 18.1 Å². The van der Waals surface area contributed by atoms with Gasteiger partial charge in [-0.2, -0.15) is 0 Å². The van der Waals surface area contributed by atoms with Gasteiger partial charge in [-0.05, 0) is 88.5 Å². The molecule has 4 heterocycles. The Kier molecular flexibility index (Phi) is 11.5. The molecule has 2 atom stereocenters. The SMILES string of the molecule is COc1cccc(F)c1-c1c(F)cc2c3c(c(=O)n(-c4c(C)ccnc4C(C)C)c2c1F)N(CCO[Si](C)(C)C(C)(C)C)C[C@H]1CN(C(=O)OC(C)(C)C)[C@H](C)CN31. The molecule has 314 valence electrons. The molecule has 0 bridgehead atoms. The Morgan fingerprint density at radius 2 is 1.66 bits per heavy atom. The first-order valence-electron chi connectivity index (χ1n) is 20.0. The number of benzene rings is 2. The summed E-state index contributed by atoms with van der Waals surface area (Å²) in [5.41, 5.74) is -0.374. The van der Waals surface area contributed by atoms with E-state index in [1.54, 1.807) is 17.2 Å². The number of hydrogen-bond acceptors (Lipinski definition) is 8. The van der Waals surface area contributed by atoms with Crippen molar-refractivity contribution in [1.82, 2.24) is 14.5 Å². The number of methoxy groups -OCH3 is 1. The normalized spacial score (nSPS) is 17.5. The standard InChI is InChI=1S/C44H58F3N5O5Si/c1-25(2)36-37(26(3)17-18-48-36)52-38-29(21-31(46)34(35(38)47)33-30(45)15-14-16-32(33)55-11)39-40(41(52)53)49(19-20-56-58(12,13)44(8,9)10)23-28-24-50(27(4)22-51(28)39)42(54)57-43(5,6)7/h14-18,21,25,27-28H,19-20,22-24H2,1-13H3/t27-,28+/m1/s1. The summed E-state index contributed by atoms with van der Waals surface area (Å²) in [5.74, 6) is -3.29. The Morgan fingerprint density at radius 1 is 0.966 bits per heavy atom. The second-order valence-corrected chi connectivity index (χ2v) is 23.3. The van der Waals surface area contributed by atoms with Crippen LogP contribution in [0.25, 0.3) is 27.7 Å². The van der Waals surface area contributed by atoms with Gasteiger partial charge in [0.25, 0.3) is 5.56 Å². The number of nitrogens with zero attached hydrogens (tertiary/aromatic N) is 5. The number of fused-ring (bicyclic) bond motifs is 5. The van der Waals surface area contributed by atoms with Crippen molar-refractivity contribution in [3.63, 3.8) is 0 Å². The number of pyridine rings is 2. The molecule has 2 aliphatic rings. The number of piperazine rings is 1. The van der Waals surface area contributed by atoms with Crippen LogP contribution < -0.4 is 20.1 Å². The number of hydrogen-bond donors (Lipinski definition) is 0. The molecule has 0 aliphatic carbocycles. The summed E-state index contributed by atoms with van der Waals surface area (Å²) in [6, 6.07) is 6.11. The van der Waals surface area contributed by atoms with Gasteiger partial charge in [0, 0.05) is 43.8 Å². The molecule has 58 heavy (non-hydrogen) atoms. The summed E-state index contributed by atoms with van der Waals surface area (Å²) in [6.45, 7) is 25.2. The van der Waals surface area contributed by atoms with E-state index >= 15 is 18.0 Å². The third-order valence-electron chi connectivity index (χ3n) is 11.8. The minimum atomic E-state index is -2.23. The number of rotatable bonds is 8. The largest absolute Gasteiger partial charge is 0.496 e. The molecule has 2 aliphatic heterocycles. The lowest BCUT2D eigenvalue weighted by atomic mass is 9.95. The van der Waals surface area contributed by atoms with E-state index in [4.69, 9.17) is 13.9 Å². The van der Waals surface area contributed by atoms with E-state index in [1.165, 1.54) is 29.9 Å². The van der Waals surface area contributed by atoms with Crippen molar-refractivity contribution in [3.05, 3.63) is 75.6 Å². The Balaban J connectivity index is 1.70. The average Bonchev–Trinajstić information content (AvgIpc) is 3.11. The van der Waals surface area contributed by atoms with E-state index in [1.807, 2.05) is 58.3 Å². The third kappa shape index (κ3) is 7.69. The van der Waals surface area contributed by atoms with E-state index in [0.717, 1.165) is 6.07 Å². The fraction of sp³-hybridized carbons (Fsp3) is 0.523. The molecule has 10 nitrogen and oxygen atoms in total. The van der Waals surface area contributed by atoms with Gasteiger partial charge < -0.3 is 28.6 Å². The lowest BCUT2D eigenvalue weighted by molar-refractivity contribution is 0.0125. The van der Waals surface area contributed by atoms with Crippen LogP contribution >= 0.6 is 0 Å². The highest BCUT2D eigenvalue weighted by atomic mass is 28.4. The van der Waals surface area contributed by atoms with Crippen molar-refractivity contribution >= 4 is 36.7 Å². The van der Waals surface area contributed by atoms with Gasteiger partial charge in [-0.15, -0.1) is 0 Å². The number of amides is 1. The van der Waals surface area contributed by atoms with Crippen LogP contribution in [0.15, 0.2) is 41.3 Å². The fourth-order valence-electron chi connectivity index (χ4n) is 7.88. The van der Waals surface area contributed by atoms with Crippen molar-refractivity contribution in [2.24, 2.45) is 0 Å². The second kappa shape index (κ2) is 15.6. The van der Waals surface area contributed by atoms with Crippen LogP contribution in [0.3, 0.4) is 0 Å². The Labute approximate surface area is 341 Å². The average molecular weight is 822 g/mol. The van der Waals surface area contributed by atoms with Crippen LogP contribution in [0.1, 0.15) is 79.5 Å². The minimum absolute atomic E-state index is 0.0653. The van der Waals surface area contributed by atoms with Crippen molar-refractivity contribution in [2.75, 3.05) is 49.7 Å². The van der Waals surface area contributed by atoms with Crippen molar-refractivity contribution in [2.45, 2.75) is 111 Å². The molecular formula is C44H58F3N5O5Si. The summed E-state index contributed by atoms with van der Waals surface area (Å²) in [7, 11) is -0.923. The monoisotopic (exact) mass is 821 g/mol. The summed E-state index contributed by atoms with van der Waals surface area (Å²) < 4.78 is 69.7. The molecule has 14 heteroatoms. The molecule has 2 aromatic heterocycles. The Bertz CT molecular complexity index is 2300. The van der Waals surface area contributed by atoms with E-state index < -0.39 is 66.2 Å². The number of halogens is 3. The first-order valence-corrected chi connectivity index (χ1v) is 22.9. The molecule has 4 aromatic rings. The molecule has 1 saturated heterocycles. The van der Waals surface area contributed by atoms with Gasteiger partial charge in [-0.25, -0.2) is 18.0 Å². The van der Waals surface area contributed by atoms with Crippen LogP contribution in [-0.2, 0) is 9.16 Å². The van der Waals surface area contributed by atoms with Crippen LogP contribution in [0, 0.1) is 24.4 Å². The zero-order valence-electron chi connectivity index (χ0n) is 36.1. The zero-order valence-corrected chi connectivity index (χ0v) is 37.1. The van der Waals surface area contributed by atoms with Crippen LogP contribution in [-0.4, -0.2) is 86.4 Å². The molecule has 0 N–H and O–H groups in total. The molecule has 0 unspecified atom stereocenters. The smallest absolute Gasteiger partial charge is 0.410 e. The number of carbonyl (C=O) groups is 1. The molecule has 2 aromatic carbocycles. The van der Waals surface area contributed by atoms with Gasteiger partial charge in [0.05, 0.1) is 53.5 Å². The highest BCUT2D eigenvalue weighted by Crippen LogP contribution is 2.47. The predicted octanol–water partition coefficient (Wildman–Crippen LogP) is 9.57. The van der Waals surface area contributed by atoms with Gasteiger partial charge in [-0.1, -0.05) is 40.7 Å². The van der Waals surface area contributed by atoms with Gasteiger partial charge in [0.15, 0.2) is 14.1 Å². The summed E-state index contributed by atoms with van der Waals surface area (Å²) in [5, 5.41) is 0.0538. The first kappa shape index (κ1) is 43.0. The lowest BCUT2D eigenvalue weighted by Gasteiger charge is -2.52.